The van der Waals surface area contributed by atoms with Gasteiger partial charge in [0.1, 0.15) is 17.4 Å². The number of nitrogens with zero attached hydrogens (tertiary/aromatic N) is 1. The molecule has 0 aliphatic heterocycles. The number of anilines is 1. The summed E-state index contributed by atoms with van der Waals surface area (Å²) < 4.78 is 46.3. The molecule has 0 saturated heterocycles. The van der Waals surface area contributed by atoms with E-state index in [1.54, 1.807) is 0 Å². The van der Waals surface area contributed by atoms with Gasteiger partial charge in [0.2, 0.25) is 16.3 Å². The summed E-state index contributed by atoms with van der Waals surface area (Å²) in [5.41, 5.74) is 0. The van der Waals surface area contributed by atoms with E-state index in [0.717, 1.165) is 12.3 Å². The molecule has 0 aromatic carbocycles. The normalized spacial score (nSPS) is 10.6. The van der Waals surface area contributed by atoms with Gasteiger partial charge in [-0.3, -0.25) is 4.79 Å². The Balaban J connectivity index is 0.00000289. The number of aromatic nitrogens is 1. The quantitative estimate of drug-likeness (QED) is 0.273. The van der Waals surface area contributed by atoms with Crippen molar-refractivity contribution in [3.05, 3.63) is 24.1 Å². The van der Waals surface area contributed by atoms with E-state index in [4.69, 9.17) is 0 Å². The molecule has 94 valence electrons. The molecular weight excluding hydrogens is 298 g/mol. The van der Waals surface area contributed by atoms with Crippen molar-refractivity contribution >= 4 is 34.2 Å². The zero-order valence-electron chi connectivity index (χ0n) is 9.12. The van der Waals surface area contributed by atoms with Crippen LogP contribution in [-0.2, 0) is 18.8 Å². The number of halogens is 1. The van der Waals surface area contributed by atoms with E-state index in [2.05, 4.69) is 13.9 Å². The fourth-order valence-corrected chi connectivity index (χ4v) is 1.61. The fraction of sp³-hybridized carbons (Fsp3) is 0.143. The first-order valence-electron chi connectivity index (χ1n) is 4.05. The summed E-state index contributed by atoms with van der Waals surface area (Å²) in [5.74, 6) is -1.52. The summed E-state index contributed by atoms with van der Waals surface area (Å²) >= 11 is 0.176. The predicted octanol–water partition coefficient (Wildman–Crippen LogP) is -2.71. The molecule has 7 nitrogen and oxygen atoms in total. The summed E-state index contributed by atoms with van der Waals surface area (Å²) in [6.45, 7) is 0. The van der Waals surface area contributed by atoms with Crippen LogP contribution in [-0.4, -0.2) is 29.6 Å². The molecule has 0 radical (unpaired) electrons. The summed E-state index contributed by atoms with van der Waals surface area (Å²) in [6, 6.07) is 2.32. The van der Waals surface area contributed by atoms with Gasteiger partial charge in [-0.25, -0.2) is 21.4 Å². The van der Waals surface area contributed by atoms with E-state index in [1.165, 1.54) is 6.07 Å². The van der Waals surface area contributed by atoms with Crippen LogP contribution >= 0.6 is 12.0 Å². The minimum Gasteiger partial charge on any atom is -0.725 e. The smallest absolute Gasteiger partial charge is 0.725 e. The molecule has 0 fully saturated rings. The molecule has 11 heteroatoms. The van der Waals surface area contributed by atoms with Crippen LogP contribution in [0.25, 0.3) is 0 Å². The number of carbonyl (C=O) groups is 1. The Labute approximate surface area is 129 Å². The number of rotatable bonds is 5. The molecule has 0 unspecified atom stereocenters. The van der Waals surface area contributed by atoms with Crippen molar-refractivity contribution in [1.29, 1.82) is 0 Å². The molecule has 1 N–H and O–H groups in total. The van der Waals surface area contributed by atoms with Gasteiger partial charge in [-0.2, -0.15) is 0 Å². The molecule has 1 heterocycles. The molecule has 0 aliphatic carbocycles. The first-order chi connectivity index (χ1) is 7.87. The van der Waals surface area contributed by atoms with Gasteiger partial charge in [0.05, 0.1) is 6.20 Å². The number of hydrogen-bond acceptors (Lipinski definition) is 7. The van der Waals surface area contributed by atoms with Crippen molar-refractivity contribution < 1.29 is 55.3 Å². The number of amides is 1. The maximum absolute atomic E-state index is 12.5. The Morgan fingerprint density at radius 2 is 2.22 bits per heavy atom. The van der Waals surface area contributed by atoms with Gasteiger partial charge < -0.3 is 9.87 Å². The average molecular weight is 304 g/mol. The monoisotopic (exact) mass is 304 g/mol. The average Bonchev–Trinajstić information content (AvgIpc) is 2.19. The van der Waals surface area contributed by atoms with Crippen molar-refractivity contribution in [2.24, 2.45) is 0 Å². The standard InChI is InChI=1S/C7H7FN2O5S2.Na/c8-5-1-2-6(9-3-5)10-7(11)4-16-15-17(12,13)14;/h1-3H,4H2,(H,9,10,11)(H,12,13,14);/q;+1/p-1. The Hall–Kier alpha value is -0.230. The van der Waals surface area contributed by atoms with Gasteiger partial charge >= 0.3 is 29.6 Å². The van der Waals surface area contributed by atoms with Gasteiger partial charge in [-0.1, -0.05) is 0 Å². The van der Waals surface area contributed by atoms with Crippen LogP contribution in [0.4, 0.5) is 10.2 Å². The second-order valence-corrected chi connectivity index (χ2v) is 4.53. The second kappa shape index (κ2) is 8.04. The van der Waals surface area contributed by atoms with Crippen molar-refractivity contribution in [2.45, 2.75) is 0 Å². The minimum atomic E-state index is -4.83. The summed E-state index contributed by atoms with van der Waals surface area (Å²) in [7, 11) is -4.83. The number of nitrogens with one attached hydrogen (secondary N) is 1. The first kappa shape index (κ1) is 17.8. The van der Waals surface area contributed by atoms with E-state index in [-0.39, 0.29) is 47.4 Å². The summed E-state index contributed by atoms with van der Waals surface area (Å²) in [5, 5.41) is 2.24. The zero-order chi connectivity index (χ0) is 12.9. The Morgan fingerprint density at radius 3 is 2.72 bits per heavy atom. The topological polar surface area (TPSA) is 108 Å². The van der Waals surface area contributed by atoms with Gasteiger partial charge in [-0.05, 0) is 12.1 Å². The zero-order valence-corrected chi connectivity index (χ0v) is 12.8. The molecule has 0 aliphatic rings. The molecule has 0 bridgehead atoms. The molecule has 1 rings (SSSR count). The fourth-order valence-electron chi connectivity index (χ4n) is 0.765. The second-order valence-electron chi connectivity index (χ2n) is 2.65. The van der Waals surface area contributed by atoms with Crippen molar-refractivity contribution in [1.82, 2.24) is 4.98 Å². The van der Waals surface area contributed by atoms with E-state index in [1.807, 2.05) is 0 Å². The van der Waals surface area contributed by atoms with E-state index >= 15 is 0 Å². The minimum absolute atomic E-state index is 0. The number of hydrogen-bond donors (Lipinski definition) is 1. The van der Waals surface area contributed by atoms with Crippen LogP contribution in [0.15, 0.2) is 18.3 Å². The predicted molar refractivity (Wildman–Crippen MR) is 56.1 cm³/mol. The summed E-state index contributed by atoms with van der Waals surface area (Å²) in [4.78, 5) is 14.7. The third-order valence-electron chi connectivity index (χ3n) is 1.32. The van der Waals surface area contributed by atoms with Crippen molar-refractivity contribution in [2.75, 3.05) is 11.1 Å². The number of carbonyl (C=O) groups excluding carboxylic acids is 1. The van der Waals surface area contributed by atoms with Crippen LogP contribution in [0.2, 0.25) is 0 Å². The van der Waals surface area contributed by atoms with Gasteiger partial charge in [0, 0.05) is 12.0 Å². The Morgan fingerprint density at radius 1 is 1.56 bits per heavy atom. The van der Waals surface area contributed by atoms with E-state index in [0.29, 0.717) is 0 Å². The van der Waals surface area contributed by atoms with Gasteiger partial charge in [0.15, 0.2) is 0 Å². The molecule has 0 atom stereocenters. The SMILES string of the molecule is O=C(CSOS(=O)(=O)[O-])Nc1ccc(F)cn1.[Na+]. The molecule has 18 heavy (non-hydrogen) atoms. The van der Waals surface area contributed by atoms with Gasteiger partial charge in [-0.15, -0.1) is 0 Å². The van der Waals surface area contributed by atoms with Crippen LogP contribution in [0, 0.1) is 5.82 Å². The van der Waals surface area contributed by atoms with Gasteiger partial charge in [0.25, 0.3) is 0 Å². The molecule has 0 spiro atoms. The molecule has 1 amide bonds. The third-order valence-corrected chi connectivity index (χ3v) is 2.75. The Kier molecular flexibility index (Phi) is 7.94. The van der Waals surface area contributed by atoms with E-state index < -0.39 is 27.9 Å². The van der Waals surface area contributed by atoms with Crippen LogP contribution in [0.1, 0.15) is 0 Å². The van der Waals surface area contributed by atoms with Crippen LogP contribution in [0.3, 0.4) is 0 Å². The third kappa shape index (κ3) is 7.97. The van der Waals surface area contributed by atoms with Crippen molar-refractivity contribution in [3.8, 4) is 0 Å². The largest absolute Gasteiger partial charge is 1.00 e. The number of pyridine rings is 1. The van der Waals surface area contributed by atoms with Crippen LogP contribution in [0.5, 0.6) is 0 Å². The maximum Gasteiger partial charge on any atom is 1.00 e. The van der Waals surface area contributed by atoms with Crippen molar-refractivity contribution in [3.63, 3.8) is 0 Å². The molecule has 1 aromatic rings. The first-order valence-corrected chi connectivity index (χ1v) is 6.29. The Bertz CT molecular complexity index is 495. The molecule has 1 aromatic heterocycles. The van der Waals surface area contributed by atoms with Crippen LogP contribution < -0.4 is 34.9 Å². The molecule has 0 saturated carbocycles. The summed E-state index contributed by atoms with van der Waals surface area (Å²) in [6.07, 6.45) is 0.904. The maximum atomic E-state index is 12.5. The van der Waals surface area contributed by atoms with E-state index in [9.17, 15) is 22.2 Å². The molecular formula is C7H6FN2NaO5S2.